The fraction of sp³-hybridized carbons (Fsp3) is 0.611. The van der Waals surface area contributed by atoms with Crippen molar-refractivity contribution in [1.29, 1.82) is 0 Å². The maximum Gasteiger partial charge on any atom is 0.410 e. The summed E-state index contributed by atoms with van der Waals surface area (Å²) in [4.78, 5) is 14.0. The lowest BCUT2D eigenvalue weighted by Gasteiger charge is -2.34. The molecule has 0 aromatic heterocycles. The molecule has 2 fully saturated rings. The molecule has 1 aliphatic carbocycles. The highest BCUT2D eigenvalue weighted by Crippen LogP contribution is 2.42. The monoisotopic (exact) mass is 381 g/mol. The first-order valence-electron chi connectivity index (χ1n) is 8.22. The summed E-state index contributed by atoms with van der Waals surface area (Å²) >= 11 is 3.67. The van der Waals surface area contributed by atoms with Crippen molar-refractivity contribution in [3.8, 4) is 0 Å². The summed E-state index contributed by atoms with van der Waals surface area (Å²) in [7, 11) is 0. The van der Waals surface area contributed by atoms with E-state index in [0.29, 0.717) is 19.7 Å². The van der Waals surface area contributed by atoms with Crippen LogP contribution >= 0.6 is 15.9 Å². The molecule has 1 amide bonds. The molecule has 3 rings (SSSR count). The number of carbonyl (C=O) groups is 1. The molecular weight excluding hydrogens is 358 g/mol. The zero-order chi connectivity index (χ0) is 16.6. The summed E-state index contributed by atoms with van der Waals surface area (Å²) in [5.74, 6) is 0.728. The van der Waals surface area contributed by atoms with Gasteiger partial charge in [0.15, 0.2) is 0 Å². The second kappa shape index (κ2) is 6.44. The Labute approximate surface area is 146 Å². The van der Waals surface area contributed by atoms with E-state index >= 15 is 0 Å². The number of benzene rings is 1. The second-order valence-electron chi connectivity index (χ2n) is 7.34. The van der Waals surface area contributed by atoms with Gasteiger partial charge in [-0.05, 0) is 56.7 Å². The van der Waals surface area contributed by atoms with Crippen LogP contribution in [0, 0.1) is 0 Å². The van der Waals surface area contributed by atoms with Crippen molar-refractivity contribution >= 4 is 22.0 Å². The molecule has 0 bridgehead atoms. The molecule has 23 heavy (non-hydrogen) atoms. The first kappa shape index (κ1) is 16.8. The summed E-state index contributed by atoms with van der Waals surface area (Å²) in [6.07, 6.45) is 2.20. The SMILES string of the molecule is CC(C)(C)OC(=O)N1CCOC(c2ccc(C3CC3)cc2Br)C1. The summed E-state index contributed by atoms with van der Waals surface area (Å²) < 4.78 is 12.4. The van der Waals surface area contributed by atoms with Gasteiger partial charge in [-0.3, -0.25) is 0 Å². The third-order valence-electron chi connectivity index (χ3n) is 4.14. The molecule has 1 atom stereocenters. The molecule has 126 valence electrons. The largest absolute Gasteiger partial charge is 0.444 e. The topological polar surface area (TPSA) is 38.8 Å². The van der Waals surface area contributed by atoms with Crippen LogP contribution in [0.25, 0.3) is 0 Å². The highest BCUT2D eigenvalue weighted by Gasteiger charge is 2.30. The third-order valence-corrected chi connectivity index (χ3v) is 4.83. The number of morpholine rings is 1. The van der Waals surface area contributed by atoms with Crippen LogP contribution < -0.4 is 0 Å². The molecule has 5 heteroatoms. The number of nitrogens with zero attached hydrogens (tertiary/aromatic N) is 1. The van der Waals surface area contributed by atoms with Crippen LogP contribution in [0.3, 0.4) is 0 Å². The van der Waals surface area contributed by atoms with E-state index in [1.807, 2.05) is 20.8 Å². The Balaban J connectivity index is 1.69. The van der Waals surface area contributed by atoms with Gasteiger partial charge in [0, 0.05) is 11.0 Å². The van der Waals surface area contributed by atoms with Crippen LogP contribution in [0.1, 0.15) is 56.8 Å². The molecule has 0 spiro atoms. The van der Waals surface area contributed by atoms with Crippen LogP contribution in [0.5, 0.6) is 0 Å². The molecule has 2 aliphatic rings. The van der Waals surface area contributed by atoms with E-state index < -0.39 is 5.60 Å². The number of hydrogen-bond acceptors (Lipinski definition) is 3. The van der Waals surface area contributed by atoms with E-state index in [1.54, 1.807) is 4.90 Å². The zero-order valence-corrected chi connectivity index (χ0v) is 15.6. The molecule has 0 N–H and O–H groups in total. The van der Waals surface area contributed by atoms with Crippen LogP contribution in [0.4, 0.5) is 4.79 Å². The van der Waals surface area contributed by atoms with Gasteiger partial charge in [0.1, 0.15) is 11.7 Å². The van der Waals surface area contributed by atoms with Gasteiger partial charge in [0.25, 0.3) is 0 Å². The average Bonchev–Trinajstić information content (AvgIpc) is 3.30. The van der Waals surface area contributed by atoms with Crippen LogP contribution in [-0.4, -0.2) is 36.3 Å². The molecule has 1 saturated carbocycles. The predicted molar refractivity (Wildman–Crippen MR) is 92.6 cm³/mol. The first-order valence-corrected chi connectivity index (χ1v) is 9.01. The van der Waals surface area contributed by atoms with E-state index in [9.17, 15) is 4.79 Å². The smallest absolute Gasteiger partial charge is 0.410 e. The van der Waals surface area contributed by atoms with Crippen molar-refractivity contribution in [2.45, 2.75) is 51.2 Å². The molecular formula is C18H24BrNO3. The Kier molecular flexibility index (Phi) is 4.70. The average molecular weight is 382 g/mol. The maximum atomic E-state index is 12.3. The predicted octanol–water partition coefficient (Wildman–Crippen LogP) is 4.63. The summed E-state index contributed by atoms with van der Waals surface area (Å²) in [6, 6.07) is 6.51. The lowest BCUT2D eigenvalue weighted by Crippen LogP contribution is -2.44. The second-order valence-corrected chi connectivity index (χ2v) is 8.20. The van der Waals surface area contributed by atoms with Crippen molar-refractivity contribution in [2.24, 2.45) is 0 Å². The van der Waals surface area contributed by atoms with Gasteiger partial charge in [0.05, 0.1) is 13.2 Å². The summed E-state index contributed by atoms with van der Waals surface area (Å²) in [6.45, 7) is 7.28. The summed E-state index contributed by atoms with van der Waals surface area (Å²) in [5, 5.41) is 0. The van der Waals surface area contributed by atoms with Crippen molar-refractivity contribution in [2.75, 3.05) is 19.7 Å². The Bertz CT molecular complexity index is 592. The number of rotatable bonds is 2. The number of halogens is 1. The van der Waals surface area contributed by atoms with Gasteiger partial charge >= 0.3 is 6.09 Å². The highest BCUT2D eigenvalue weighted by molar-refractivity contribution is 9.10. The van der Waals surface area contributed by atoms with E-state index in [-0.39, 0.29) is 12.2 Å². The van der Waals surface area contributed by atoms with Crippen LogP contribution in [0.15, 0.2) is 22.7 Å². The molecule has 1 saturated heterocycles. The van der Waals surface area contributed by atoms with Gasteiger partial charge in [-0.1, -0.05) is 28.1 Å². The lowest BCUT2D eigenvalue weighted by atomic mass is 10.0. The molecule has 0 radical (unpaired) electrons. The van der Waals surface area contributed by atoms with Crippen molar-refractivity contribution < 1.29 is 14.3 Å². The quantitative estimate of drug-likeness (QED) is 0.748. The maximum absolute atomic E-state index is 12.3. The Hall–Kier alpha value is -1.07. The van der Waals surface area contributed by atoms with Gasteiger partial charge in [0.2, 0.25) is 0 Å². The normalized spacial score (nSPS) is 22.1. The minimum atomic E-state index is -0.475. The third kappa shape index (κ3) is 4.27. The zero-order valence-electron chi connectivity index (χ0n) is 14.0. The van der Waals surface area contributed by atoms with Crippen molar-refractivity contribution in [3.63, 3.8) is 0 Å². The number of hydrogen-bond donors (Lipinski definition) is 0. The fourth-order valence-electron chi connectivity index (χ4n) is 2.80. The summed E-state index contributed by atoms with van der Waals surface area (Å²) in [5.41, 5.74) is 2.01. The molecule has 1 aromatic carbocycles. The van der Waals surface area contributed by atoms with Crippen LogP contribution in [-0.2, 0) is 9.47 Å². The van der Waals surface area contributed by atoms with Gasteiger partial charge in [-0.2, -0.15) is 0 Å². The Morgan fingerprint density at radius 1 is 1.35 bits per heavy atom. The fourth-order valence-corrected chi connectivity index (χ4v) is 3.46. The minimum Gasteiger partial charge on any atom is -0.444 e. The highest BCUT2D eigenvalue weighted by atomic mass is 79.9. The van der Waals surface area contributed by atoms with Gasteiger partial charge < -0.3 is 14.4 Å². The lowest BCUT2D eigenvalue weighted by molar-refractivity contribution is -0.0435. The number of carbonyl (C=O) groups excluding carboxylic acids is 1. The molecule has 4 nitrogen and oxygen atoms in total. The van der Waals surface area contributed by atoms with Crippen LogP contribution in [0.2, 0.25) is 0 Å². The van der Waals surface area contributed by atoms with Crippen molar-refractivity contribution in [1.82, 2.24) is 4.90 Å². The van der Waals surface area contributed by atoms with E-state index in [0.717, 1.165) is 16.0 Å². The van der Waals surface area contributed by atoms with E-state index in [1.165, 1.54) is 18.4 Å². The van der Waals surface area contributed by atoms with E-state index in [2.05, 4.69) is 34.1 Å². The first-order chi connectivity index (χ1) is 10.8. The number of ether oxygens (including phenoxy) is 2. The molecule has 1 aliphatic heterocycles. The standard InChI is InChI=1S/C18H24BrNO3/c1-18(2,3)23-17(21)20-8-9-22-16(11-20)14-7-6-13(10-15(14)19)12-4-5-12/h6-7,10,12,16H,4-5,8-9,11H2,1-3H3. The molecule has 1 unspecified atom stereocenters. The van der Waals surface area contributed by atoms with E-state index in [4.69, 9.17) is 9.47 Å². The Morgan fingerprint density at radius 2 is 2.09 bits per heavy atom. The minimum absolute atomic E-state index is 0.112. The van der Waals surface area contributed by atoms with Gasteiger partial charge in [-0.15, -0.1) is 0 Å². The van der Waals surface area contributed by atoms with Gasteiger partial charge in [-0.25, -0.2) is 4.79 Å². The molecule has 1 heterocycles. The van der Waals surface area contributed by atoms with Crippen molar-refractivity contribution in [3.05, 3.63) is 33.8 Å². The molecule has 1 aromatic rings. The number of amides is 1. The Morgan fingerprint density at radius 3 is 2.70 bits per heavy atom.